The molecule has 0 spiro atoms. The molecule has 1 nitrogen and oxygen atoms in total. The first kappa shape index (κ1) is 16.2. The zero-order valence-corrected chi connectivity index (χ0v) is 12.8. The molecule has 1 aromatic rings. The Bertz CT molecular complexity index is 356. The van der Waals surface area contributed by atoms with Gasteiger partial charge in [-0.1, -0.05) is 59.1 Å². The molecule has 0 saturated heterocycles. The molecule has 19 heavy (non-hydrogen) atoms. The third-order valence-corrected chi connectivity index (χ3v) is 4.01. The predicted octanol–water partition coefficient (Wildman–Crippen LogP) is 4.66. The molecule has 0 aliphatic rings. The van der Waals surface area contributed by atoms with Crippen LogP contribution in [0.3, 0.4) is 0 Å². The maximum atomic E-state index is 13.1. The van der Waals surface area contributed by atoms with Gasteiger partial charge in [-0.2, -0.15) is 0 Å². The van der Waals surface area contributed by atoms with Gasteiger partial charge in [0.05, 0.1) is 0 Å². The highest BCUT2D eigenvalue weighted by atomic mass is 19.1. The van der Waals surface area contributed by atoms with E-state index in [-0.39, 0.29) is 11.2 Å². The SMILES string of the molecule is CCCCCC(NCC)C(C)(C)c1ccc(F)cc1. The lowest BCUT2D eigenvalue weighted by molar-refractivity contribution is 0.318. The third kappa shape index (κ3) is 4.61. The minimum Gasteiger partial charge on any atom is -0.313 e. The van der Waals surface area contributed by atoms with Crippen molar-refractivity contribution in [3.05, 3.63) is 35.6 Å². The minimum absolute atomic E-state index is 0.0252. The van der Waals surface area contributed by atoms with Gasteiger partial charge >= 0.3 is 0 Å². The molecule has 0 aliphatic carbocycles. The number of halogens is 1. The van der Waals surface area contributed by atoms with Crippen molar-refractivity contribution in [3.8, 4) is 0 Å². The maximum absolute atomic E-state index is 13.1. The Morgan fingerprint density at radius 2 is 1.74 bits per heavy atom. The topological polar surface area (TPSA) is 12.0 Å². The molecule has 1 unspecified atom stereocenters. The molecule has 0 heterocycles. The quantitative estimate of drug-likeness (QED) is 0.674. The fraction of sp³-hybridized carbons (Fsp3) is 0.647. The third-order valence-electron chi connectivity index (χ3n) is 4.01. The molecule has 1 N–H and O–H groups in total. The van der Waals surface area contributed by atoms with Crippen molar-refractivity contribution in [2.24, 2.45) is 0 Å². The monoisotopic (exact) mass is 265 g/mol. The van der Waals surface area contributed by atoms with Crippen LogP contribution in [0.4, 0.5) is 4.39 Å². The standard InChI is InChI=1S/C17H28FN/c1-5-7-8-9-16(19-6-2)17(3,4)14-10-12-15(18)13-11-14/h10-13,16,19H,5-9H2,1-4H3. The van der Waals surface area contributed by atoms with E-state index < -0.39 is 0 Å². The Hall–Kier alpha value is -0.890. The van der Waals surface area contributed by atoms with Crippen LogP contribution in [0.15, 0.2) is 24.3 Å². The van der Waals surface area contributed by atoms with Crippen molar-refractivity contribution < 1.29 is 4.39 Å². The predicted molar refractivity (Wildman–Crippen MR) is 81.0 cm³/mol. The van der Waals surface area contributed by atoms with Gasteiger partial charge in [-0.15, -0.1) is 0 Å². The van der Waals surface area contributed by atoms with Crippen molar-refractivity contribution in [3.63, 3.8) is 0 Å². The van der Waals surface area contributed by atoms with Crippen LogP contribution in [0.25, 0.3) is 0 Å². The summed E-state index contributed by atoms with van der Waals surface area (Å²) in [6.07, 6.45) is 4.95. The van der Waals surface area contributed by atoms with Crippen molar-refractivity contribution >= 4 is 0 Å². The normalized spacial score (nSPS) is 13.5. The Morgan fingerprint density at radius 3 is 2.26 bits per heavy atom. The van der Waals surface area contributed by atoms with Crippen LogP contribution in [0, 0.1) is 5.82 Å². The van der Waals surface area contributed by atoms with Gasteiger partial charge in [0.15, 0.2) is 0 Å². The molecule has 1 aromatic carbocycles. The minimum atomic E-state index is -0.162. The van der Waals surface area contributed by atoms with Gasteiger partial charge in [0, 0.05) is 11.5 Å². The highest BCUT2D eigenvalue weighted by Gasteiger charge is 2.30. The van der Waals surface area contributed by atoms with Gasteiger partial charge in [0.1, 0.15) is 5.82 Å². The summed E-state index contributed by atoms with van der Waals surface area (Å²) < 4.78 is 13.1. The van der Waals surface area contributed by atoms with Crippen LogP contribution in [-0.4, -0.2) is 12.6 Å². The van der Waals surface area contributed by atoms with Crippen LogP contribution < -0.4 is 5.32 Å². The Labute approximate surface area is 117 Å². The highest BCUT2D eigenvalue weighted by Crippen LogP contribution is 2.30. The second-order valence-corrected chi connectivity index (χ2v) is 5.83. The van der Waals surface area contributed by atoms with E-state index >= 15 is 0 Å². The fourth-order valence-corrected chi connectivity index (χ4v) is 2.64. The molecule has 0 fully saturated rings. The van der Waals surface area contributed by atoms with Crippen molar-refractivity contribution in [2.75, 3.05) is 6.54 Å². The lowest BCUT2D eigenvalue weighted by atomic mass is 9.75. The first-order valence-electron chi connectivity index (χ1n) is 7.51. The molecular weight excluding hydrogens is 237 g/mol. The van der Waals surface area contributed by atoms with E-state index in [4.69, 9.17) is 0 Å². The smallest absolute Gasteiger partial charge is 0.123 e. The number of rotatable bonds is 8. The summed E-state index contributed by atoms with van der Waals surface area (Å²) in [4.78, 5) is 0. The van der Waals surface area contributed by atoms with Crippen LogP contribution in [0.1, 0.15) is 58.9 Å². The lowest BCUT2D eigenvalue weighted by Crippen LogP contribution is -2.44. The number of hydrogen-bond acceptors (Lipinski definition) is 1. The Kier molecular flexibility index (Phi) is 6.50. The second-order valence-electron chi connectivity index (χ2n) is 5.83. The maximum Gasteiger partial charge on any atom is 0.123 e. The zero-order chi connectivity index (χ0) is 14.3. The molecule has 0 saturated carbocycles. The van der Waals surface area contributed by atoms with Crippen LogP contribution in [0.2, 0.25) is 0 Å². The largest absolute Gasteiger partial charge is 0.313 e. The Balaban J connectivity index is 2.81. The number of benzene rings is 1. The number of likely N-dealkylation sites (N-methyl/N-ethyl adjacent to an activating group) is 1. The highest BCUT2D eigenvalue weighted by molar-refractivity contribution is 5.26. The molecule has 0 aromatic heterocycles. The van der Waals surface area contributed by atoms with Gasteiger partial charge in [-0.3, -0.25) is 0 Å². The first-order chi connectivity index (χ1) is 9.02. The van der Waals surface area contributed by atoms with Gasteiger partial charge < -0.3 is 5.32 Å². The average molecular weight is 265 g/mol. The molecule has 1 rings (SSSR count). The molecular formula is C17H28FN. The molecule has 0 aliphatic heterocycles. The summed E-state index contributed by atoms with van der Waals surface area (Å²) in [5, 5.41) is 3.60. The van der Waals surface area contributed by atoms with E-state index in [2.05, 4.69) is 33.0 Å². The van der Waals surface area contributed by atoms with Gasteiger partial charge in [-0.05, 0) is 30.7 Å². The van der Waals surface area contributed by atoms with Crippen LogP contribution in [-0.2, 0) is 5.41 Å². The van der Waals surface area contributed by atoms with E-state index in [1.54, 1.807) is 12.1 Å². The second kappa shape index (κ2) is 7.64. The molecule has 0 radical (unpaired) electrons. The van der Waals surface area contributed by atoms with Crippen LogP contribution >= 0.6 is 0 Å². The molecule has 2 heteroatoms. The zero-order valence-electron chi connectivity index (χ0n) is 12.8. The fourth-order valence-electron chi connectivity index (χ4n) is 2.64. The van der Waals surface area contributed by atoms with E-state index in [1.165, 1.54) is 31.2 Å². The molecule has 0 bridgehead atoms. The van der Waals surface area contributed by atoms with E-state index in [0.29, 0.717) is 6.04 Å². The summed E-state index contributed by atoms with van der Waals surface area (Å²) >= 11 is 0. The first-order valence-corrected chi connectivity index (χ1v) is 7.51. The van der Waals surface area contributed by atoms with Crippen LogP contribution in [0.5, 0.6) is 0 Å². The number of unbranched alkanes of at least 4 members (excludes halogenated alkanes) is 2. The lowest BCUT2D eigenvalue weighted by Gasteiger charge is -2.36. The van der Waals surface area contributed by atoms with Crippen molar-refractivity contribution in [1.29, 1.82) is 0 Å². The number of hydrogen-bond donors (Lipinski definition) is 1. The average Bonchev–Trinajstić information content (AvgIpc) is 2.38. The van der Waals surface area contributed by atoms with Gasteiger partial charge in [0.2, 0.25) is 0 Å². The summed E-state index contributed by atoms with van der Waals surface area (Å²) in [7, 11) is 0. The number of nitrogens with one attached hydrogen (secondary N) is 1. The summed E-state index contributed by atoms with van der Waals surface area (Å²) in [5.41, 5.74) is 1.23. The van der Waals surface area contributed by atoms with Crippen molar-refractivity contribution in [1.82, 2.24) is 5.32 Å². The summed E-state index contributed by atoms with van der Waals surface area (Å²) in [5.74, 6) is -0.162. The molecule has 108 valence electrons. The summed E-state index contributed by atoms with van der Waals surface area (Å²) in [6, 6.07) is 7.39. The van der Waals surface area contributed by atoms with Gasteiger partial charge in [-0.25, -0.2) is 4.39 Å². The molecule has 1 atom stereocenters. The Morgan fingerprint density at radius 1 is 1.11 bits per heavy atom. The van der Waals surface area contributed by atoms with Crippen molar-refractivity contribution in [2.45, 2.75) is 64.8 Å². The van der Waals surface area contributed by atoms with E-state index in [9.17, 15) is 4.39 Å². The van der Waals surface area contributed by atoms with Gasteiger partial charge in [0.25, 0.3) is 0 Å². The summed E-state index contributed by atoms with van der Waals surface area (Å²) in [6.45, 7) is 9.85. The van der Waals surface area contributed by atoms with E-state index in [1.807, 2.05) is 12.1 Å². The molecule has 0 amide bonds. The van der Waals surface area contributed by atoms with E-state index in [0.717, 1.165) is 6.54 Å².